The number of phenolic OH excluding ortho intramolecular Hbond substituents is 1. The van der Waals surface area contributed by atoms with Crippen molar-refractivity contribution in [2.24, 2.45) is 11.7 Å². The van der Waals surface area contributed by atoms with E-state index < -0.39 is 29.4 Å². The van der Waals surface area contributed by atoms with Crippen molar-refractivity contribution in [1.29, 1.82) is 0 Å². The maximum Gasteiger partial charge on any atom is 0.410 e. The van der Waals surface area contributed by atoms with E-state index in [0.29, 0.717) is 5.56 Å². The zero-order valence-electron chi connectivity index (χ0n) is 13.7. The van der Waals surface area contributed by atoms with Crippen molar-refractivity contribution < 1.29 is 19.4 Å². The van der Waals surface area contributed by atoms with Crippen LogP contribution in [0.5, 0.6) is 5.75 Å². The lowest BCUT2D eigenvalue weighted by molar-refractivity contribution is -0.121. The fraction of sp³-hybridized carbons (Fsp3) is 0.500. The number of rotatable bonds is 2. The van der Waals surface area contributed by atoms with Gasteiger partial charge in [-0.3, -0.25) is 4.79 Å². The van der Waals surface area contributed by atoms with E-state index in [2.05, 4.69) is 0 Å². The average molecular weight is 375 g/mol. The van der Waals surface area contributed by atoms with Crippen LogP contribution in [0.4, 0.5) is 4.79 Å². The molecule has 3 N–H and O–H groups in total. The monoisotopic (exact) mass is 374 g/mol. The fourth-order valence-electron chi connectivity index (χ4n) is 2.73. The quantitative estimate of drug-likeness (QED) is 0.831. The molecule has 1 aromatic carbocycles. The van der Waals surface area contributed by atoms with Crippen LogP contribution in [0.25, 0.3) is 0 Å². The standard InChI is InChI=1S/C16H20Cl2N2O4/c1-16(2,3)24-15(23)20-6-9(10(7-20)14(19)22)8-4-11(17)12(18)5-13(8)21/h4-5,9-10,21H,6-7H2,1-3H3,(H2,19,22)/t9-,10+/m0/s1. The SMILES string of the molecule is CC(C)(C)OC(=O)N1C[C@@H](C(N)=O)[C@H](c2cc(Cl)c(Cl)cc2O)C1. The van der Waals surface area contributed by atoms with Gasteiger partial charge in [0.2, 0.25) is 5.91 Å². The van der Waals surface area contributed by atoms with E-state index in [1.807, 2.05) is 0 Å². The van der Waals surface area contributed by atoms with E-state index in [4.69, 9.17) is 33.7 Å². The lowest BCUT2D eigenvalue weighted by atomic mass is 9.88. The third-order valence-corrected chi connectivity index (χ3v) is 4.53. The average Bonchev–Trinajstić information content (AvgIpc) is 2.86. The van der Waals surface area contributed by atoms with E-state index in [0.717, 1.165) is 0 Å². The molecule has 0 aliphatic carbocycles. The minimum absolute atomic E-state index is 0.0910. The molecule has 0 radical (unpaired) electrons. The first-order chi connectivity index (χ1) is 11.0. The molecular formula is C16H20Cl2N2O4. The molecule has 132 valence electrons. The number of amides is 2. The Hall–Kier alpha value is -1.66. The number of halogens is 2. The molecule has 0 aromatic heterocycles. The van der Waals surface area contributed by atoms with Crippen molar-refractivity contribution in [2.75, 3.05) is 13.1 Å². The van der Waals surface area contributed by atoms with Crippen LogP contribution in [0.1, 0.15) is 32.3 Å². The fourth-order valence-corrected chi connectivity index (χ4v) is 3.06. The summed E-state index contributed by atoms with van der Waals surface area (Å²) < 4.78 is 5.33. The van der Waals surface area contributed by atoms with Crippen molar-refractivity contribution in [2.45, 2.75) is 32.3 Å². The van der Waals surface area contributed by atoms with Gasteiger partial charge in [-0.05, 0) is 26.8 Å². The van der Waals surface area contributed by atoms with E-state index in [-0.39, 0.29) is 28.9 Å². The summed E-state index contributed by atoms with van der Waals surface area (Å²) in [7, 11) is 0. The van der Waals surface area contributed by atoms with Crippen LogP contribution >= 0.6 is 23.2 Å². The second-order valence-corrected chi connectivity index (χ2v) is 7.64. The number of nitrogens with two attached hydrogens (primary N) is 1. The number of phenols is 1. The third kappa shape index (κ3) is 4.05. The van der Waals surface area contributed by atoms with Crippen LogP contribution in [-0.2, 0) is 9.53 Å². The molecule has 0 spiro atoms. The number of carbonyl (C=O) groups is 2. The Morgan fingerprint density at radius 1 is 1.25 bits per heavy atom. The summed E-state index contributed by atoms with van der Waals surface area (Å²) in [5, 5.41) is 10.6. The van der Waals surface area contributed by atoms with Crippen LogP contribution in [0.15, 0.2) is 12.1 Å². The van der Waals surface area contributed by atoms with Gasteiger partial charge in [0.25, 0.3) is 0 Å². The lowest BCUT2D eigenvalue weighted by Gasteiger charge is -2.24. The predicted molar refractivity (Wildman–Crippen MR) is 91.4 cm³/mol. The minimum atomic E-state index is -0.652. The van der Waals surface area contributed by atoms with Crippen LogP contribution in [-0.4, -0.2) is 40.7 Å². The summed E-state index contributed by atoms with van der Waals surface area (Å²) >= 11 is 11.9. The first-order valence-corrected chi connectivity index (χ1v) is 8.20. The molecule has 1 heterocycles. The van der Waals surface area contributed by atoms with Crippen molar-refractivity contribution in [1.82, 2.24) is 4.90 Å². The summed E-state index contributed by atoms with van der Waals surface area (Å²) in [6, 6.07) is 2.81. The molecule has 0 unspecified atom stereocenters. The Kier molecular flexibility index (Phi) is 5.20. The topological polar surface area (TPSA) is 92.9 Å². The summed E-state index contributed by atoms with van der Waals surface area (Å²) in [5.41, 5.74) is 5.25. The van der Waals surface area contributed by atoms with Crippen LogP contribution < -0.4 is 5.73 Å². The summed E-state index contributed by atoms with van der Waals surface area (Å²) in [6.07, 6.45) is -0.532. The number of carbonyl (C=O) groups excluding carboxylic acids is 2. The molecule has 2 amide bonds. The number of benzene rings is 1. The number of likely N-dealkylation sites (tertiary alicyclic amines) is 1. The number of aromatic hydroxyl groups is 1. The largest absolute Gasteiger partial charge is 0.508 e. The highest BCUT2D eigenvalue weighted by atomic mass is 35.5. The lowest BCUT2D eigenvalue weighted by Crippen LogP contribution is -2.36. The minimum Gasteiger partial charge on any atom is -0.508 e. The van der Waals surface area contributed by atoms with Gasteiger partial charge >= 0.3 is 6.09 Å². The molecule has 1 aromatic rings. The summed E-state index contributed by atoms with van der Waals surface area (Å²) in [4.78, 5) is 25.5. The second-order valence-electron chi connectivity index (χ2n) is 6.83. The van der Waals surface area contributed by atoms with Gasteiger partial charge in [-0.1, -0.05) is 23.2 Å². The van der Waals surface area contributed by atoms with Gasteiger partial charge in [-0.2, -0.15) is 0 Å². The maximum absolute atomic E-state index is 12.3. The first-order valence-electron chi connectivity index (χ1n) is 7.44. The van der Waals surface area contributed by atoms with Crippen molar-refractivity contribution in [3.8, 4) is 5.75 Å². The molecule has 8 heteroatoms. The predicted octanol–water partition coefficient (Wildman–Crippen LogP) is 3.13. The van der Waals surface area contributed by atoms with Gasteiger partial charge in [0.1, 0.15) is 11.4 Å². The number of hydrogen-bond donors (Lipinski definition) is 2. The molecule has 2 atom stereocenters. The molecule has 2 rings (SSSR count). The molecular weight excluding hydrogens is 355 g/mol. The normalized spacial score (nSPS) is 21.0. The highest BCUT2D eigenvalue weighted by Crippen LogP contribution is 2.40. The molecule has 1 fully saturated rings. The summed E-state index contributed by atoms with van der Waals surface area (Å²) in [6.45, 7) is 5.58. The first kappa shape index (κ1) is 18.7. The van der Waals surface area contributed by atoms with E-state index >= 15 is 0 Å². The summed E-state index contributed by atoms with van der Waals surface area (Å²) in [5.74, 6) is -1.78. The van der Waals surface area contributed by atoms with E-state index in [1.165, 1.54) is 17.0 Å². The molecule has 0 saturated carbocycles. The van der Waals surface area contributed by atoms with Crippen molar-refractivity contribution in [3.63, 3.8) is 0 Å². The Bertz CT molecular complexity index is 673. The van der Waals surface area contributed by atoms with Gasteiger partial charge in [-0.15, -0.1) is 0 Å². The molecule has 1 aliphatic heterocycles. The zero-order valence-corrected chi connectivity index (χ0v) is 15.2. The Balaban J connectivity index is 2.31. The van der Waals surface area contributed by atoms with Crippen LogP contribution in [0.3, 0.4) is 0 Å². The maximum atomic E-state index is 12.3. The smallest absolute Gasteiger partial charge is 0.410 e. The Morgan fingerprint density at radius 3 is 2.38 bits per heavy atom. The molecule has 1 aliphatic rings. The number of ether oxygens (including phenoxy) is 1. The van der Waals surface area contributed by atoms with Gasteiger partial charge in [0.05, 0.1) is 16.0 Å². The molecule has 0 bridgehead atoms. The molecule has 24 heavy (non-hydrogen) atoms. The van der Waals surface area contributed by atoms with Crippen LogP contribution in [0.2, 0.25) is 10.0 Å². The Morgan fingerprint density at radius 2 is 1.83 bits per heavy atom. The van der Waals surface area contributed by atoms with Gasteiger partial charge < -0.3 is 20.5 Å². The van der Waals surface area contributed by atoms with E-state index in [9.17, 15) is 14.7 Å². The number of primary amides is 1. The highest BCUT2D eigenvalue weighted by Gasteiger charge is 2.42. The third-order valence-electron chi connectivity index (χ3n) is 3.81. The number of nitrogens with zero attached hydrogens (tertiary/aromatic N) is 1. The highest BCUT2D eigenvalue weighted by molar-refractivity contribution is 6.42. The molecule has 6 nitrogen and oxygen atoms in total. The van der Waals surface area contributed by atoms with Gasteiger partial charge in [-0.25, -0.2) is 4.79 Å². The molecule has 1 saturated heterocycles. The van der Waals surface area contributed by atoms with E-state index in [1.54, 1.807) is 20.8 Å². The van der Waals surface area contributed by atoms with Gasteiger partial charge in [0.15, 0.2) is 0 Å². The van der Waals surface area contributed by atoms with Crippen molar-refractivity contribution in [3.05, 3.63) is 27.7 Å². The Labute approximate surface area is 150 Å². The second kappa shape index (κ2) is 6.69. The van der Waals surface area contributed by atoms with Gasteiger partial charge in [0, 0.05) is 30.6 Å². The van der Waals surface area contributed by atoms with Crippen molar-refractivity contribution >= 4 is 35.2 Å². The van der Waals surface area contributed by atoms with Crippen LogP contribution in [0, 0.1) is 5.92 Å². The zero-order chi connectivity index (χ0) is 18.2. The number of hydrogen-bond acceptors (Lipinski definition) is 4.